The lowest BCUT2D eigenvalue weighted by molar-refractivity contribution is 0.507. The molecule has 0 amide bonds. The van der Waals surface area contributed by atoms with Gasteiger partial charge in [0.1, 0.15) is 17.0 Å². The molecule has 3 heterocycles. The fourth-order valence-corrected chi connectivity index (χ4v) is 4.97. The number of aromatic nitrogens is 3. The SMILES string of the molecule is Cc1nc2sc3c(NC4CC4c4ccc(F)c(F)c4)ncnc3c2c(C)c1Cl. The highest BCUT2D eigenvalue weighted by atomic mass is 35.5. The van der Waals surface area contributed by atoms with Crippen molar-refractivity contribution in [3.05, 3.63) is 58.0 Å². The average Bonchev–Trinajstić information content (AvgIpc) is 3.33. The molecule has 4 aromatic rings. The van der Waals surface area contributed by atoms with Gasteiger partial charge < -0.3 is 5.32 Å². The van der Waals surface area contributed by atoms with Crippen molar-refractivity contribution in [3.63, 3.8) is 0 Å². The lowest BCUT2D eigenvalue weighted by atomic mass is 10.1. The number of thiophene rings is 1. The summed E-state index contributed by atoms with van der Waals surface area (Å²) in [4.78, 5) is 14.4. The highest BCUT2D eigenvalue weighted by Gasteiger charge is 2.39. The van der Waals surface area contributed by atoms with Crippen molar-refractivity contribution in [1.29, 1.82) is 0 Å². The number of nitrogens with zero attached hydrogens (tertiary/aromatic N) is 3. The number of anilines is 1. The zero-order valence-electron chi connectivity index (χ0n) is 15.1. The van der Waals surface area contributed by atoms with Crippen LogP contribution in [0, 0.1) is 25.5 Å². The highest BCUT2D eigenvalue weighted by molar-refractivity contribution is 7.26. The van der Waals surface area contributed by atoms with Gasteiger partial charge >= 0.3 is 0 Å². The van der Waals surface area contributed by atoms with E-state index in [-0.39, 0.29) is 12.0 Å². The Morgan fingerprint density at radius 1 is 1.18 bits per heavy atom. The van der Waals surface area contributed by atoms with E-state index in [1.807, 2.05) is 13.8 Å². The largest absolute Gasteiger partial charge is 0.365 e. The van der Waals surface area contributed by atoms with Gasteiger partial charge in [-0.3, -0.25) is 0 Å². The lowest BCUT2D eigenvalue weighted by Crippen LogP contribution is -2.06. The van der Waals surface area contributed by atoms with Gasteiger partial charge in [-0.05, 0) is 43.5 Å². The monoisotopic (exact) mass is 416 g/mol. The molecule has 0 aliphatic heterocycles. The van der Waals surface area contributed by atoms with Gasteiger partial charge in [0.15, 0.2) is 11.6 Å². The molecule has 2 unspecified atom stereocenters. The minimum atomic E-state index is -0.825. The predicted molar refractivity (Wildman–Crippen MR) is 108 cm³/mol. The van der Waals surface area contributed by atoms with Gasteiger partial charge in [0.05, 0.1) is 20.9 Å². The van der Waals surface area contributed by atoms with Crippen LogP contribution in [0.3, 0.4) is 0 Å². The molecule has 8 heteroatoms. The zero-order chi connectivity index (χ0) is 19.6. The first kappa shape index (κ1) is 17.7. The molecule has 0 spiro atoms. The Labute approximate surface area is 168 Å². The summed E-state index contributed by atoms with van der Waals surface area (Å²) in [6, 6.07) is 4.20. The molecule has 1 aliphatic carbocycles. The second-order valence-electron chi connectivity index (χ2n) is 7.08. The summed E-state index contributed by atoms with van der Waals surface area (Å²) in [6.45, 7) is 3.86. The molecule has 4 nitrogen and oxygen atoms in total. The number of rotatable bonds is 3. The van der Waals surface area contributed by atoms with Crippen molar-refractivity contribution in [1.82, 2.24) is 15.0 Å². The summed E-state index contributed by atoms with van der Waals surface area (Å²) in [6.07, 6.45) is 2.36. The van der Waals surface area contributed by atoms with Crippen molar-refractivity contribution in [2.45, 2.75) is 32.2 Å². The molecule has 1 N–H and O–H groups in total. The predicted octanol–water partition coefficient (Wildman–Crippen LogP) is 5.76. The molecule has 0 radical (unpaired) electrons. The van der Waals surface area contributed by atoms with Crippen LogP contribution in [-0.4, -0.2) is 21.0 Å². The Morgan fingerprint density at radius 2 is 2.00 bits per heavy atom. The molecule has 5 rings (SSSR count). The van der Waals surface area contributed by atoms with Crippen molar-refractivity contribution in [2.24, 2.45) is 0 Å². The molecule has 28 heavy (non-hydrogen) atoms. The molecule has 1 saturated carbocycles. The Morgan fingerprint density at radius 3 is 2.79 bits per heavy atom. The second-order valence-corrected chi connectivity index (χ2v) is 8.46. The van der Waals surface area contributed by atoms with E-state index in [1.54, 1.807) is 6.07 Å². The number of halogens is 3. The van der Waals surface area contributed by atoms with E-state index in [4.69, 9.17) is 11.6 Å². The molecular weight excluding hydrogens is 402 g/mol. The van der Waals surface area contributed by atoms with E-state index in [0.717, 1.165) is 49.5 Å². The van der Waals surface area contributed by atoms with E-state index in [1.165, 1.54) is 29.8 Å². The summed E-state index contributed by atoms with van der Waals surface area (Å²) in [5.41, 5.74) is 3.37. The first-order chi connectivity index (χ1) is 13.4. The molecule has 0 bridgehead atoms. The van der Waals surface area contributed by atoms with Gasteiger partial charge in [-0.2, -0.15) is 0 Å². The molecule has 3 aromatic heterocycles. The van der Waals surface area contributed by atoms with Gasteiger partial charge in [0.25, 0.3) is 0 Å². The van der Waals surface area contributed by atoms with Gasteiger partial charge in [-0.1, -0.05) is 17.7 Å². The van der Waals surface area contributed by atoms with E-state index in [2.05, 4.69) is 20.3 Å². The number of nitrogens with one attached hydrogen (secondary N) is 1. The van der Waals surface area contributed by atoms with Gasteiger partial charge in [0, 0.05) is 17.3 Å². The van der Waals surface area contributed by atoms with Crippen molar-refractivity contribution < 1.29 is 8.78 Å². The number of hydrogen-bond donors (Lipinski definition) is 1. The maximum atomic E-state index is 13.5. The molecule has 0 saturated heterocycles. The number of aryl methyl sites for hydroxylation is 2. The van der Waals surface area contributed by atoms with Crippen LogP contribution in [0.15, 0.2) is 24.5 Å². The highest BCUT2D eigenvalue weighted by Crippen LogP contribution is 2.45. The standard InChI is InChI=1S/C20H15ClF2N4S/c1-8-15-17-18(28-20(15)26-9(2)16(8)21)19(25-7-24-17)27-14-6-11(14)10-3-4-12(22)13(23)5-10/h3-5,7,11,14H,6H2,1-2H3,(H,24,25,27). The summed E-state index contributed by atoms with van der Waals surface area (Å²) >= 11 is 7.91. The number of pyridine rings is 1. The maximum absolute atomic E-state index is 13.5. The van der Waals surface area contributed by atoms with Crippen LogP contribution in [0.2, 0.25) is 5.02 Å². The number of benzene rings is 1. The number of hydrogen-bond acceptors (Lipinski definition) is 5. The normalized spacial score (nSPS) is 18.8. The van der Waals surface area contributed by atoms with E-state index in [9.17, 15) is 8.78 Å². The van der Waals surface area contributed by atoms with Gasteiger partial charge in [-0.25, -0.2) is 23.7 Å². The van der Waals surface area contributed by atoms with Crippen LogP contribution in [-0.2, 0) is 0 Å². The molecular formula is C20H15ClF2N4S. The van der Waals surface area contributed by atoms with Crippen LogP contribution in [0.1, 0.15) is 29.2 Å². The fourth-order valence-electron chi connectivity index (χ4n) is 3.64. The van der Waals surface area contributed by atoms with Gasteiger partial charge in [0.2, 0.25) is 0 Å². The first-order valence-electron chi connectivity index (χ1n) is 8.85. The third-order valence-corrected chi connectivity index (χ3v) is 6.87. The lowest BCUT2D eigenvalue weighted by Gasteiger charge is -2.06. The van der Waals surface area contributed by atoms with E-state index in [0.29, 0.717) is 5.02 Å². The Bertz CT molecular complexity index is 1260. The molecule has 1 aliphatic rings. The average molecular weight is 417 g/mol. The van der Waals surface area contributed by atoms with Crippen LogP contribution >= 0.6 is 22.9 Å². The quantitative estimate of drug-likeness (QED) is 0.461. The van der Waals surface area contributed by atoms with Crippen molar-refractivity contribution in [2.75, 3.05) is 5.32 Å². The van der Waals surface area contributed by atoms with Gasteiger partial charge in [-0.15, -0.1) is 11.3 Å². The van der Waals surface area contributed by atoms with Crippen LogP contribution < -0.4 is 5.32 Å². The van der Waals surface area contributed by atoms with Crippen LogP contribution in [0.5, 0.6) is 0 Å². The zero-order valence-corrected chi connectivity index (χ0v) is 16.6. The maximum Gasteiger partial charge on any atom is 0.159 e. The summed E-state index contributed by atoms with van der Waals surface area (Å²) in [5, 5.41) is 5.04. The van der Waals surface area contributed by atoms with Crippen LogP contribution in [0.25, 0.3) is 20.4 Å². The molecule has 2 atom stereocenters. The van der Waals surface area contributed by atoms with Crippen LogP contribution in [0.4, 0.5) is 14.6 Å². The minimum Gasteiger partial charge on any atom is -0.365 e. The summed E-state index contributed by atoms with van der Waals surface area (Å²) in [7, 11) is 0. The van der Waals surface area contributed by atoms with Crippen molar-refractivity contribution in [3.8, 4) is 0 Å². The van der Waals surface area contributed by atoms with E-state index >= 15 is 0 Å². The third kappa shape index (κ3) is 2.72. The molecule has 142 valence electrons. The third-order valence-electron chi connectivity index (χ3n) is 5.23. The Hall–Kier alpha value is -2.38. The summed E-state index contributed by atoms with van der Waals surface area (Å²) < 4.78 is 27.6. The van der Waals surface area contributed by atoms with E-state index < -0.39 is 11.6 Å². The summed E-state index contributed by atoms with van der Waals surface area (Å²) in [5.74, 6) is -0.776. The molecule has 1 aromatic carbocycles. The minimum absolute atomic E-state index is 0.118. The topological polar surface area (TPSA) is 50.7 Å². The Kier molecular flexibility index (Phi) is 4.00. The number of fused-ring (bicyclic) bond motifs is 3. The first-order valence-corrected chi connectivity index (χ1v) is 10.0. The Balaban J connectivity index is 1.51. The van der Waals surface area contributed by atoms with Crippen molar-refractivity contribution >= 4 is 49.2 Å². The second kappa shape index (κ2) is 6.32. The smallest absolute Gasteiger partial charge is 0.159 e. The molecule has 1 fully saturated rings. The fraction of sp³-hybridized carbons (Fsp3) is 0.250.